The minimum absolute atomic E-state index is 0.140. The molecule has 3 aromatic heterocycles. The number of nitrogen functional groups attached to an aromatic ring is 1. The van der Waals surface area contributed by atoms with Crippen LogP contribution in [-0.4, -0.2) is 73.2 Å². The fourth-order valence-corrected chi connectivity index (χ4v) is 4.94. The van der Waals surface area contributed by atoms with Gasteiger partial charge in [0.1, 0.15) is 11.6 Å². The zero-order chi connectivity index (χ0) is 29.8. The maximum Gasteiger partial charge on any atom is 0.272 e. The second-order valence-corrected chi connectivity index (χ2v) is 10.2. The summed E-state index contributed by atoms with van der Waals surface area (Å²) in [4.78, 5) is 25.9. The molecule has 1 aromatic carbocycles. The Morgan fingerprint density at radius 3 is 2.74 bits per heavy atom. The van der Waals surface area contributed by atoms with Crippen molar-refractivity contribution >= 4 is 23.2 Å². The van der Waals surface area contributed by atoms with Gasteiger partial charge in [0.2, 0.25) is 5.82 Å². The Hall–Kier alpha value is -5.18. The van der Waals surface area contributed by atoms with Crippen molar-refractivity contribution in [3.63, 3.8) is 0 Å². The van der Waals surface area contributed by atoms with E-state index in [0.29, 0.717) is 41.7 Å². The molecule has 1 aliphatic rings. The van der Waals surface area contributed by atoms with E-state index in [1.165, 1.54) is 0 Å². The predicted molar refractivity (Wildman–Crippen MR) is 161 cm³/mol. The lowest BCUT2D eigenvalue weighted by Gasteiger charge is -2.28. The van der Waals surface area contributed by atoms with Gasteiger partial charge in [0.05, 0.1) is 17.9 Å². The highest BCUT2D eigenvalue weighted by molar-refractivity contribution is 5.94. The van der Waals surface area contributed by atoms with Gasteiger partial charge in [-0.25, -0.2) is 9.97 Å². The first-order valence-corrected chi connectivity index (χ1v) is 13.8. The number of aryl methyl sites for hydroxylation is 1. The number of nitrogens with two attached hydrogens (primary N) is 1. The quantitative estimate of drug-likeness (QED) is 0.307. The highest BCUT2D eigenvalue weighted by Crippen LogP contribution is 2.32. The lowest BCUT2D eigenvalue weighted by molar-refractivity contribution is 0.0952. The third-order valence-electron chi connectivity index (χ3n) is 7.60. The number of carbonyl (C=O) groups excluding carboxylic acids is 1. The monoisotopic (exact) mass is 566 g/mol. The van der Waals surface area contributed by atoms with E-state index in [-0.39, 0.29) is 24.2 Å². The van der Waals surface area contributed by atoms with E-state index in [0.717, 1.165) is 35.7 Å². The van der Waals surface area contributed by atoms with Gasteiger partial charge in [0.15, 0.2) is 11.5 Å². The number of para-hydroxylation sites is 1. The highest BCUT2D eigenvalue weighted by Gasteiger charge is 2.24. The third kappa shape index (κ3) is 5.95. The molecular formula is C30H34N10O2. The van der Waals surface area contributed by atoms with Crippen LogP contribution in [0.25, 0.3) is 11.3 Å². The second-order valence-electron chi connectivity index (χ2n) is 10.2. The average molecular weight is 567 g/mol. The molecule has 1 aliphatic heterocycles. The smallest absolute Gasteiger partial charge is 0.272 e. The maximum absolute atomic E-state index is 12.5. The average Bonchev–Trinajstić information content (AvgIpc) is 3.12. The fraction of sp³-hybridized carbons (Fsp3) is 0.333. The van der Waals surface area contributed by atoms with Crippen LogP contribution in [0.2, 0.25) is 0 Å². The topological polar surface area (TPSA) is 151 Å². The minimum Gasteiger partial charge on any atom is -0.507 e. The largest absolute Gasteiger partial charge is 0.507 e. The van der Waals surface area contributed by atoms with Crippen LogP contribution in [0.5, 0.6) is 5.75 Å². The Labute approximate surface area is 244 Å². The van der Waals surface area contributed by atoms with E-state index in [1.54, 1.807) is 29.1 Å². The van der Waals surface area contributed by atoms with Gasteiger partial charge < -0.3 is 26.0 Å². The number of rotatable bonds is 5. The first-order valence-electron chi connectivity index (χ1n) is 13.8. The van der Waals surface area contributed by atoms with Gasteiger partial charge in [-0.15, -0.1) is 10.2 Å². The molecule has 4 heterocycles. The molecule has 216 valence electrons. The van der Waals surface area contributed by atoms with Gasteiger partial charge in [-0.05, 0) is 57.4 Å². The third-order valence-corrected chi connectivity index (χ3v) is 7.60. The molecule has 4 N–H and O–H groups in total. The normalized spacial score (nSPS) is 15.1. The van der Waals surface area contributed by atoms with Crippen molar-refractivity contribution < 1.29 is 9.90 Å². The molecule has 0 aliphatic carbocycles. The van der Waals surface area contributed by atoms with Gasteiger partial charge >= 0.3 is 0 Å². The summed E-state index contributed by atoms with van der Waals surface area (Å²) in [6.07, 6.45) is 2.56. The first-order chi connectivity index (χ1) is 20.2. The van der Waals surface area contributed by atoms with E-state index in [9.17, 15) is 9.90 Å². The molecule has 1 amide bonds. The lowest BCUT2D eigenvalue weighted by atomic mass is 10.1. The molecule has 1 atom stereocenters. The molecule has 1 saturated heterocycles. The number of carbonyl (C=O) groups is 1. The molecule has 4 aromatic rings. The number of amides is 1. The SMILES string of the molecule is Cc1c(C(=O)NCC#Cc2nccc(N3CCN(c4cc(-c5ccccc5O)nnc4N)CCC3C)n2)nn(C)c1C. The van der Waals surface area contributed by atoms with Crippen molar-refractivity contribution in [2.45, 2.75) is 33.2 Å². The molecule has 0 saturated carbocycles. The van der Waals surface area contributed by atoms with Crippen LogP contribution >= 0.6 is 0 Å². The van der Waals surface area contributed by atoms with Crippen LogP contribution in [0.1, 0.15) is 40.9 Å². The number of aromatic nitrogens is 6. The summed E-state index contributed by atoms with van der Waals surface area (Å²) in [6.45, 7) is 8.26. The van der Waals surface area contributed by atoms with Crippen LogP contribution in [0.3, 0.4) is 0 Å². The number of hydrogen-bond acceptors (Lipinski definition) is 10. The molecule has 0 spiro atoms. The van der Waals surface area contributed by atoms with Crippen molar-refractivity contribution in [2.24, 2.45) is 7.05 Å². The van der Waals surface area contributed by atoms with Gasteiger partial charge in [0.25, 0.3) is 5.91 Å². The summed E-state index contributed by atoms with van der Waals surface area (Å²) < 4.78 is 1.69. The predicted octanol–water partition coefficient (Wildman–Crippen LogP) is 2.46. The Bertz CT molecular complexity index is 1670. The Morgan fingerprint density at radius 2 is 1.98 bits per heavy atom. The first kappa shape index (κ1) is 28.4. The zero-order valence-electron chi connectivity index (χ0n) is 24.2. The molecule has 0 bridgehead atoms. The Kier molecular flexibility index (Phi) is 8.19. The van der Waals surface area contributed by atoms with Crippen molar-refractivity contribution in [3.8, 4) is 28.8 Å². The van der Waals surface area contributed by atoms with Gasteiger partial charge in [-0.1, -0.05) is 18.1 Å². The molecule has 12 heteroatoms. The van der Waals surface area contributed by atoms with E-state index in [1.807, 2.05) is 39.1 Å². The number of benzene rings is 1. The number of nitrogens with zero attached hydrogens (tertiary/aromatic N) is 8. The molecular weight excluding hydrogens is 532 g/mol. The summed E-state index contributed by atoms with van der Waals surface area (Å²) in [7, 11) is 1.81. The Balaban J connectivity index is 1.26. The summed E-state index contributed by atoms with van der Waals surface area (Å²) >= 11 is 0. The van der Waals surface area contributed by atoms with Crippen LogP contribution in [0.15, 0.2) is 42.6 Å². The van der Waals surface area contributed by atoms with E-state index in [2.05, 4.69) is 54.2 Å². The molecule has 1 unspecified atom stereocenters. The summed E-state index contributed by atoms with van der Waals surface area (Å²) in [6, 6.07) is 11.0. The van der Waals surface area contributed by atoms with E-state index in [4.69, 9.17) is 10.7 Å². The molecule has 1 fully saturated rings. The second kappa shape index (κ2) is 12.1. The Morgan fingerprint density at radius 1 is 1.17 bits per heavy atom. The van der Waals surface area contributed by atoms with Crippen LogP contribution in [0, 0.1) is 25.7 Å². The molecule has 12 nitrogen and oxygen atoms in total. The van der Waals surface area contributed by atoms with Crippen molar-refractivity contribution in [3.05, 3.63) is 65.4 Å². The number of phenols is 1. The zero-order valence-corrected chi connectivity index (χ0v) is 24.2. The van der Waals surface area contributed by atoms with Gasteiger partial charge in [0, 0.05) is 55.7 Å². The lowest BCUT2D eigenvalue weighted by Crippen LogP contribution is -2.35. The van der Waals surface area contributed by atoms with Crippen LogP contribution < -0.4 is 20.9 Å². The highest BCUT2D eigenvalue weighted by atomic mass is 16.3. The van der Waals surface area contributed by atoms with Crippen molar-refractivity contribution in [1.82, 2.24) is 35.3 Å². The van der Waals surface area contributed by atoms with E-state index >= 15 is 0 Å². The van der Waals surface area contributed by atoms with Crippen molar-refractivity contribution in [1.29, 1.82) is 0 Å². The molecule has 5 rings (SSSR count). The minimum atomic E-state index is -0.263. The van der Waals surface area contributed by atoms with Crippen molar-refractivity contribution in [2.75, 3.05) is 41.7 Å². The molecule has 42 heavy (non-hydrogen) atoms. The fourth-order valence-electron chi connectivity index (χ4n) is 4.94. The number of nitrogens with one attached hydrogen (secondary N) is 1. The van der Waals surface area contributed by atoms with Crippen LogP contribution in [0.4, 0.5) is 17.3 Å². The summed E-state index contributed by atoms with van der Waals surface area (Å²) in [5.41, 5.74) is 10.4. The standard InChI is InChI=1S/C30H34N10O2/c1-19-12-15-39(24-18-23(35-36-29(24)31)22-8-5-6-9-25(22)41)16-17-40(19)27-11-14-32-26(34-27)10-7-13-33-30(42)28-20(2)21(3)38(4)37-28/h5-6,8-9,11,14,18-19,41H,12-13,15-17H2,1-4H3,(H2,31,36)(H,33,42). The summed E-state index contributed by atoms with van der Waals surface area (Å²) in [5.74, 6) is 7.29. The number of phenolic OH excluding ortho intramolecular Hbond substituents is 1. The maximum atomic E-state index is 12.5. The number of hydrogen-bond donors (Lipinski definition) is 3. The number of anilines is 3. The van der Waals surface area contributed by atoms with Gasteiger partial charge in [-0.3, -0.25) is 9.48 Å². The van der Waals surface area contributed by atoms with Gasteiger partial charge in [-0.2, -0.15) is 5.10 Å². The summed E-state index contributed by atoms with van der Waals surface area (Å²) in [5, 5.41) is 25.7. The molecule has 0 radical (unpaired) electrons. The number of aromatic hydroxyl groups is 1. The van der Waals surface area contributed by atoms with E-state index < -0.39 is 0 Å². The van der Waals surface area contributed by atoms with Crippen LogP contribution in [-0.2, 0) is 7.05 Å².